The minimum atomic E-state index is -1.26. The third-order valence-corrected chi connectivity index (χ3v) is 18.5. The number of hydrogen-bond acceptors (Lipinski definition) is 18. The van der Waals surface area contributed by atoms with Gasteiger partial charge in [-0.1, -0.05) is 62.4 Å². The first-order chi connectivity index (χ1) is 46.0. The lowest BCUT2D eigenvalue weighted by atomic mass is 9.77. The van der Waals surface area contributed by atoms with E-state index < -0.39 is 78.2 Å². The van der Waals surface area contributed by atoms with E-state index in [1.807, 2.05) is 211 Å². The molecule has 2 spiro atoms. The van der Waals surface area contributed by atoms with E-state index in [4.69, 9.17) is 45.7 Å². The largest absolute Gasteiger partial charge is 0.456 e. The van der Waals surface area contributed by atoms with E-state index in [-0.39, 0.29) is 50.1 Å². The number of nitrogens with zero attached hydrogens (tertiary/aromatic N) is 6. The highest BCUT2D eigenvalue weighted by Gasteiger charge is 2.56. The number of nitrogens with one attached hydrogen (secondary N) is 4. The molecule has 5 heterocycles. The number of unbranched alkanes of at least 4 members (excludes halogenated alkanes) is 1. The summed E-state index contributed by atoms with van der Waals surface area (Å²) in [5.41, 5.74) is 27.6. The first-order valence-corrected chi connectivity index (χ1v) is 32.8. The Labute approximate surface area is 560 Å². The van der Waals surface area contributed by atoms with Crippen molar-refractivity contribution in [1.82, 2.24) is 26.3 Å². The molecule has 24 heteroatoms. The molecule has 6 atom stereocenters. The SMILES string of the molecule is CC(C)[C@H](NOC1OC2(c3ccc(N(C)C)cc3Oc3cc(N(C)C)ccc32)c2ccccc21)C(=O)N1CCC[C@H]1C(=O)N[C@@H](CCCN=C(N)N)C(=O)NCC(=O)N[C@@H](CCCCN)C(=O)OC1OC2(c3ccc(N(C)C)cc3Oc3cc(N(C)C)ccc32)c2ccccc21. The lowest BCUT2D eigenvalue weighted by molar-refractivity contribution is -0.217. The Kier molecular flexibility index (Phi) is 20.1. The number of esters is 1. The van der Waals surface area contributed by atoms with Crippen LogP contribution >= 0.6 is 0 Å². The molecule has 96 heavy (non-hydrogen) atoms. The molecule has 24 nitrogen and oxygen atoms in total. The molecular formula is C72H89N13O11. The van der Waals surface area contributed by atoms with Crippen LogP contribution in [0, 0.1) is 5.92 Å². The van der Waals surface area contributed by atoms with Crippen molar-refractivity contribution in [2.24, 2.45) is 28.1 Å². The second-order valence-corrected chi connectivity index (χ2v) is 26.2. The number of fused-ring (bicyclic) bond motifs is 12. The zero-order valence-electron chi connectivity index (χ0n) is 56.3. The van der Waals surface area contributed by atoms with Crippen molar-refractivity contribution in [2.75, 3.05) is 102 Å². The fourth-order valence-electron chi connectivity index (χ4n) is 13.4. The van der Waals surface area contributed by atoms with Gasteiger partial charge in [0.25, 0.3) is 0 Å². The lowest BCUT2D eigenvalue weighted by Crippen LogP contribution is -2.57. The number of ether oxygens (including phenoxy) is 5. The number of amides is 4. The number of carbonyl (C=O) groups excluding carboxylic acids is 5. The molecule has 5 aliphatic heterocycles. The Balaban J connectivity index is 0.769. The summed E-state index contributed by atoms with van der Waals surface area (Å²) in [6.07, 6.45) is 0.0916. The molecule has 0 aliphatic carbocycles. The quantitative estimate of drug-likeness (QED) is 0.0101. The van der Waals surface area contributed by atoms with Crippen LogP contribution in [-0.2, 0) is 54.2 Å². The Morgan fingerprint density at radius 2 is 1.09 bits per heavy atom. The van der Waals surface area contributed by atoms with Gasteiger partial charge in [0, 0.05) is 161 Å². The summed E-state index contributed by atoms with van der Waals surface area (Å²) in [6.45, 7) is 3.94. The molecule has 0 radical (unpaired) electrons. The lowest BCUT2D eigenvalue weighted by Gasteiger charge is -2.38. The van der Waals surface area contributed by atoms with Gasteiger partial charge in [0.1, 0.15) is 47.2 Å². The number of benzene rings is 6. The van der Waals surface area contributed by atoms with Gasteiger partial charge in [-0.3, -0.25) is 29.0 Å². The third-order valence-electron chi connectivity index (χ3n) is 18.5. The molecule has 2 unspecified atom stereocenters. The van der Waals surface area contributed by atoms with Crippen LogP contribution in [0.3, 0.4) is 0 Å². The van der Waals surface area contributed by atoms with E-state index >= 15 is 0 Å². The van der Waals surface area contributed by atoms with E-state index in [9.17, 15) is 24.0 Å². The second-order valence-electron chi connectivity index (χ2n) is 26.2. The highest BCUT2D eigenvalue weighted by atomic mass is 16.8. The van der Waals surface area contributed by atoms with Gasteiger partial charge in [0.2, 0.25) is 36.2 Å². The van der Waals surface area contributed by atoms with E-state index in [0.29, 0.717) is 60.8 Å². The van der Waals surface area contributed by atoms with Gasteiger partial charge in [-0.15, -0.1) is 0 Å². The van der Waals surface area contributed by atoms with E-state index in [1.165, 1.54) is 4.90 Å². The van der Waals surface area contributed by atoms with Crippen LogP contribution in [0.5, 0.6) is 23.0 Å². The Hall–Kier alpha value is -9.46. The Bertz CT molecular complexity index is 3810. The smallest absolute Gasteiger partial charge is 0.331 e. The van der Waals surface area contributed by atoms with Gasteiger partial charge in [0.05, 0.1) is 6.54 Å². The van der Waals surface area contributed by atoms with E-state index in [0.717, 1.165) is 61.7 Å². The molecule has 508 valence electrons. The van der Waals surface area contributed by atoms with Crippen molar-refractivity contribution in [3.63, 3.8) is 0 Å². The summed E-state index contributed by atoms with van der Waals surface area (Å²) in [7, 11) is 15.7. The van der Waals surface area contributed by atoms with Gasteiger partial charge >= 0.3 is 5.97 Å². The molecule has 5 aliphatic rings. The molecule has 4 amide bonds. The molecule has 0 saturated carbocycles. The number of rotatable bonds is 25. The summed E-state index contributed by atoms with van der Waals surface area (Å²) in [5.74, 6) is -1.18. The van der Waals surface area contributed by atoms with Crippen LogP contribution in [-0.4, -0.2) is 147 Å². The van der Waals surface area contributed by atoms with Crippen LogP contribution in [0.25, 0.3) is 0 Å². The normalized spacial score (nSPS) is 18.0. The minimum Gasteiger partial charge on any atom is -0.456 e. The van der Waals surface area contributed by atoms with E-state index in [1.54, 1.807) is 0 Å². The number of aliphatic imine (C=N–C) groups is 1. The molecule has 10 N–H and O–H groups in total. The Morgan fingerprint density at radius 1 is 0.615 bits per heavy atom. The minimum absolute atomic E-state index is 0.0623. The maximum Gasteiger partial charge on any atom is 0.331 e. The van der Waals surface area contributed by atoms with Crippen LogP contribution < -0.4 is 67.7 Å². The Morgan fingerprint density at radius 3 is 1.57 bits per heavy atom. The molecule has 1 saturated heterocycles. The molecular weight excluding hydrogens is 1220 g/mol. The topological polar surface area (TPSA) is 295 Å². The van der Waals surface area contributed by atoms with Gasteiger partial charge in [-0.05, 0) is 106 Å². The van der Waals surface area contributed by atoms with Crippen LogP contribution in [0.2, 0.25) is 0 Å². The summed E-state index contributed by atoms with van der Waals surface area (Å²) in [5, 5.41) is 8.36. The van der Waals surface area contributed by atoms with Crippen LogP contribution in [0.1, 0.15) is 116 Å². The third kappa shape index (κ3) is 13.3. The number of anilines is 4. The summed E-state index contributed by atoms with van der Waals surface area (Å²) in [4.78, 5) is 92.6. The molecule has 6 aromatic carbocycles. The molecule has 1 fully saturated rings. The van der Waals surface area contributed by atoms with Gasteiger partial charge in [-0.2, -0.15) is 5.48 Å². The summed E-state index contributed by atoms with van der Waals surface area (Å²) in [6, 6.07) is 35.0. The maximum absolute atomic E-state index is 14.9. The van der Waals surface area contributed by atoms with Crippen molar-refractivity contribution in [2.45, 2.75) is 107 Å². The summed E-state index contributed by atoms with van der Waals surface area (Å²) < 4.78 is 33.9. The predicted octanol–water partition coefficient (Wildman–Crippen LogP) is 6.85. The zero-order chi connectivity index (χ0) is 68.3. The van der Waals surface area contributed by atoms with Gasteiger partial charge in [0.15, 0.2) is 17.2 Å². The average molecular weight is 1310 g/mol. The molecule has 11 rings (SSSR count). The fraction of sp³-hybridized carbons (Fsp3) is 0.417. The van der Waals surface area contributed by atoms with Crippen LogP contribution in [0.4, 0.5) is 22.7 Å². The first kappa shape index (κ1) is 67.9. The zero-order valence-corrected chi connectivity index (χ0v) is 56.3. The summed E-state index contributed by atoms with van der Waals surface area (Å²) >= 11 is 0. The van der Waals surface area contributed by atoms with Crippen molar-refractivity contribution in [1.29, 1.82) is 0 Å². The maximum atomic E-state index is 14.9. The standard InChI is InChI=1S/C72H89N13O11/c1-42(2)63(80-96-69-48-20-12-14-22-50(48)72(95-69)53-32-28-45(83(7)8)39-60(53)92-61-40-46(84(9)10)29-33-54(61)72)66(89)85-36-18-25-57(85)65(88)79-55(24-17-35-76-70(74)75)64(87)77-41-62(86)78-56(23-15-16-34-73)67(90)93-68-47-19-11-13-21-49(47)71(94-68)51-30-26-43(81(3)4)37-58(51)91-59-38-44(82(5)6)27-31-52(59)71/h11-14,19-22,26-33,37-40,42,55-57,63,68-69,80H,15-18,23-25,34-36,41,73H2,1-10H3,(H,77,87)(H,78,86)(H,79,88)(H4,74,75,76)/t55-,56-,57-,63-,68?,69?/m0/s1. The monoisotopic (exact) mass is 1310 g/mol. The average Bonchev–Trinajstić information content (AvgIpc) is 1.47. The molecule has 0 bridgehead atoms. The molecule has 6 aromatic rings. The van der Waals surface area contributed by atoms with Crippen molar-refractivity contribution < 1.29 is 52.5 Å². The van der Waals surface area contributed by atoms with Crippen molar-refractivity contribution >= 4 is 58.3 Å². The highest BCUT2D eigenvalue weighted by Crippen LogP contribution is 2.62. The number of likely N-dealkylation sites (tertiary alicyclic amines) is 1. The second kappa shape index (κ2) is 28.5. The highest BCUT2D eigenvalue weighted by molar-refractivity contribution is 5.95. The number of nitrogens with two attached hydrogens (primary N) is 3. The fourth-order valence-corrected chi connectivity index (χ4v) is 13.4. The predicted molar refractivity (Wildman–Crippen MR) is 367 cm³/mol. The number of carbonyl (C=O) groups is 5. The van der Waals surface area contributed by atoms with Crippen molar-refractivity contribution in [3.05, 3.63) is 166 Å². The van der Waals surface area contributed by atoms with Crippen LogP contribution in [0.15, 0.2) is 126 Å². The first-order valence-electron chi connectivity index (χ1n) is 32.8. The number of hydroxylamine groups is 1. The number of guanidine groups is 1. The van der Waals surface area contributed by atoms with Gasteiger partial charge < -0.3 is 81.3 Å². The van der Waals surface area contributed by atoms with Crippen molar-refractivity contribution in [3.8, 4) is 23.0 Å². The molecule has 0 aromatic heterocycles. The van der Waals surface area contributed by atoms with Gasteiger partial charge in [-0.25, -0.2) is 4.79 Å². The van der Waals surface area contributed by atoms with E-state index in [2.05, 4.69) is 26.4 Å². The number of hydrogen-bond donors (Lipinski definition) is 7.